The lowest BCUT2D eigenvalue weighted by molar-refractivity contribution is 0.00203. The lowest BCUT2D eigenvalue weighted by Crippen LogP contribution is -2.53. The van der Waals surface area contributed by atoms with Gasteiger partial charge in [0.15, 0.2) is 0 Å². The number of hydrogen-bond donors (Lipinski definition) is 2. The summed E-state index contributed by atoms with van der Waals surface area (Å²) >= 11 is 0. The van der Waals surface area contributed by atoms with Crippen LogP contribution in [-0.4, -0.2) is 56.9 Å². The van der Waals surface area contributed by atoms with Crippen LogP contribution < -0.4 is 11.1 Å². The first-order valence-electron chi connectivity index (χ1n) is 6.14. The summed E-state index contributed by atoms with van der Waals surface area (Å²) < 4.78 is 5.38. The summed E-state index contributed by atoms with van der Waals surface area (Å²) in [4.78, 5) is 2.52. The number of rotatable bonds is 3. The molecule has 0 aromatic heterocycles. The van der Waals surface area contributed by atoms with Crippen LogP contribution in [0.4, 0.5) is 0 Å². The van der Waals surface area contributed by atoms with Crippen molar-refractivity contribution in [3.63, 3.8) is 0 Å². The maximum absolute atomic E-state index is 5.92. The van der Waals surface area contributed by atoms with Crippen LogP contribution in [0.1, 0.15) is 12.8 Å². The Balaban J connectivity index is 1.88. The van der Waals surface area contributed by atoms with E-state index in [2.05, 4.69) is 10.2 Å². The topological polar surface area (TPSA) is 50.5 Å². The molecule has 0 radical (unpaired) electrons. The minimum atomic E-state index is 0.557. The highest BCUT2D eigenvalue weighted by molar-refractivity contribution is 4.85. The molecule has 2 saturated heterocycles. The Kier molecular flexibility index (Phi) is 4.38. The molecule has 0 saturated carbocycles. The molecule has 2 atom stereocenters. The SMILES string of the molecule is NC[C@H](C1CCCNC1)N1CCOCC1. The van der Waals surface area contributed by atoms with Gasteiger partial charge in [0, 0.05) is 25.7 Å². The van der Waals surface area contributed by atoms with Gasteiger partial charge in [-0.25, -0.2) is 0 Å². The highest BCUT2D eigenvalue weighted by atomic mass is 16.5. The molecule has 3 N–H and O–H groups in total. The fourth-order valence-electron chi connectivity index (χ4n) is 2.76. The second-order valence-electron chi connectivity index (χ2n) is 4.56. The summed E-state index contributed by atoms with van der Waals surface area (Å²) in [7, 11) is 0. The van der Waals surface area contributed by atoms with Crippen molar-refractivity contribution in [3.8, 4) is 0 Å². The van der Waals surface area contributed by atoms with Gasteiger partial charge in [0.1, 0.15) is 0 Å². The van der Waals surface area contributed by atoms with Crippen molar-refractivity contribution in [2.24, 2.45) is 11.7 Å². The van der Waals surface area contributed by atoms with Crippen molar-refractivity contribution in [2.45, 2.75) is 18.9 Å². The van der Waals surface area contributed by atoms with Crippen molar-refractivity contribution in [3.05, 3.63) is 0 Å². The first-order chi connectivity index (χ1) is 7.42. The van der Waals surface area contributed by atoms with Crippen LogP contribution in [0.3, 0.4) is 0 Å². The summed E-state index contributed by atoms with van der Waals surface area (Å²) in [5.74, 6) is 0.738. The van der Waals surface area contributed by atoms with E-state index in [1.807, 2.05) is 0 Å². The number of nitrogens with zero attached hydrogens (tertiary/aromatic N) is 1. The first kappa shape index (κ1) is 11.3. The highest BCUT2D eigenvalue weighted by Crippen LogP contribution is 2.19. The number of nitrogens with two attached hydrogens (primary N) is 1. The molecule has 2 aliphatic rings. The zero-order valence-corrected chi connectivity index (χ0v) is 9.45. The van der Waals surface area contributed by atoms with Crippen molar-refractivity contribution in [1.29, 1.82) is 0 Å². The van der Waals surface area contributed by atoms with Gasteiger partial charge in [-0.3, -0.25) is 4.90 Å². The van der Waals surface area contributed by atoms with Crippen LogP contribution >= 0.6 is 0 Å². The van der Waals surface area contributed by atoms with E-state index in [0.717, 1.165) is 45.3 Å². The standard InChI is InChI=1S/C11H23N3O/c12-8-11(10-2-1-3-13-9-10)14-4-6-15-7-5-14/h10-11,13H,1-9,12H2/t10?,11-/m1/s1. The zero-order chi connectivity index (χ0) is 10.5. The Morgan fingerprint density at radius 3 is 2.80 bits per heavy atom. The molecular formula is C11H23N3O. The molecule has 4 heteroatoms. The number of nitrogens with one attached hydrogen (secondary N) is 1. The molecule has 0 amide bonds. The number of ether oxygens (including phenoxy) is 1. The number of morpholine rings is 1. The van der Waals surface area contributed by atoms with E-state index >= 15 is 0 Å². The van der Waals surface area contributed by atoms with Gasteiger partial charge >= 0.3 is 0 Å². The third-order valence-corrected chi connectivity index (χ3v) is 3.64. The molecule has 2 rings (SSSR count). The Bertz CT molecular complexity index is 159. The van der Waals surface area contributed by atoms with Crippen LogP contribution in [0.5, 0.6) is 0 Å². The largest absolute Gasteiger partial charge is 0.379 e. The maximum Gasteiger partial charge on any atom is 0.0594 e. The molecule has 0 bridgehead atoms. The molecule has 0 spiro atoms. The third-order valence-electron chi connectivity index (χ3n) is 3.64. The molecule has 1 unspecified atom stereocenters. The average molecular weight is 213 g/mol. The molecule has 15 heavy (non-hydrogen) atoms. The minimum absolute atomic E-state index is 0.557. The number of piperidine rings is 1. The quantitative estimate of drug-likeness (QED) is 0.672. The lowest BCUT2D eigenvalue weighted by atomic mass is 9.90. The van der Waals surface area contributed by atoms with E-state index in [1.165, 1.54) is 19.4 Å². The molecule has 2 heterocycles. The highest BCUT2D eigenvalue weighted by Gasteiger charge is 2.28. The Labute approximate surface area is 92.1 Å². The van der Waals surface area contributed by atoms with E-state index in [1.54, 1.807) is 0 Å². The second kappa shape index (κ2) is 5.80. The van der Waals surface area contributed by atoms with Gasteiger partial charge in [0.05, 0.1) is 13.2 Å². The predicted octanol–water partition coefficient (Wildman–Crippen LogP) is -0.354. The van der Waals surface area contributed by atoms with Gasteiger partial charge in [-0.1, -0.05) is 0 Å². The summed E-state index contributed by atoms with van der Waals surface area (Å²) in [6, 6.07) is 0.557. The van der Waals surface area contributed by atoms with E-state index in [9.17, 15) is 0 Å². The maximum atomic E-state index is 5.92. The van der Waals surface area contributed by atoms with Gasteiger partial charge in [-0.05, 0) is 31.8 Å². The summed E-state index contributed by atoms with van der Waals surface area (Å²) in [5, 5.41) is 3.48. The molecule has 2 aliphatic heterocycles. The Morgan fingerprint density at radius 2 is 2.20 bits per heavy atom. The van der Waals surface area contributed by atoms with Crippen molar-refractivity contribution in [1.82, 2.24) is 10.2 Å². The van der Waals surface area contributed by atoms with Crippen molar-refractivity contribution >= 4 is 0 Å². The fourth-order valence-corrected chi connectivity index (χ4v) is 2.76. The van der Waals surface area contributed by atoms with Gasteiger partial charge in [-0.2, -0.15) is 0 Å². The summed E-state index contributed by atoms with van der Waals surface area (Å²) in [5.41, 5.74) is 5.92. The van der Waals surface area contributed by atoms with Crippen molar-refractivity contribution < 1.29 is 4.74 Å². The average Bonchev–Trinajstić information content (AvgIpc) is 2.33. The van der Waals surface area contributed by atoms with Gasteiger partial charge in [0.25, 0.3) is 0 Å². The molecule has 4 nitrogen and oxygen atoms in total. The second-order valence-corrected chi connectivity index (χ2v) is 4.56. The predicted molar refractivity (Wildman–Crippen MR) is 60.8 cm³/mol. The van der Waals surface area contributed by atoms with Crippen LogP contribution in [0, 0.1) is 5.92 Å². The van der Waals surface area contributed by atoms with E-state index in [0.29, 0.717) is 6.04 Å². The fraction of sp³-hybridized carbons (Fsp3) is 1.00. The molecule has 0 aliphatic carbocycles. The normalized spacial score (nSPS) is 31.4. The van der Waals surface area contributed by atoms with Gasteiger partial charge in [-0.15, -0.1) is 0 Å². The van der Waals surface area contributed by atoms with Gasteiger partial charge in [0.2, 0.25) is 0 Å². The summed E-state index contributed by atoms with van der Waals surface area (Å²) in [6.07, 6.45) is 2.62. The van der Waals surface area contributed by atoms with E-state index in [-0.39, 0.29) is 0 Å². The molecule has 2 fully saturated rings. The van der Waals surface area contributed by atoms with Crippen LogP contribution in [-0.2, 0) is 4.74 Å². The van der Waals surface area contributed by atoms with Crippen LogP contribution in [0.25, 0.3) is 0 Å². The molecule has 0 aromatic carbocycles. The smallest absolute Gasteiger partial charge is 0.0594 e. The molecule has 0 aromatic rings. The van der Waals surface area contributed by atoms with Crippen molar-refractivity contribution in [2.75, 3.05) is 45.9 Å². The lowest BCUT2D eigenvalue weighted by Gasteiger charge is -2.40. The zero-order valence-electron chi connectivity index (χ0n) is 9.45. The minimum Gasteiger partial charge on any atom is -0.379 e. The van der Waals surface area contributed by atoms with E-state index < -0.39 is 0 Å². The summed E-state index contributed by atoms with van der Waals surface area (Å²) in [6.45, 7) is 6.95. The number of hydrogen-bond acceptors (Lipinski definition) is 4. The monoisotopic (exact) mass is 213 g/mol. The Morgan fingerprint density at radius 1 is 1.40 bits per heavy atom. The van der Waals surface area contributed by atoms with Gasteiger partial charge < -0.3 is 15.8 Å². The Hall–Kier alpha value is -0.160. The van der Waals surface area contributed by atoms with Crippen LogP contribution in [0.2, 0.25) is 0 Å². The van der Waals surface area contributed by atoms with Crippen LogP contribution in [0.15, 0.2) is 0 Å². The van der Waals surface area contributed by atoms with E-state index in [4.69, 9.17) is 10.5 Å². The molecular weight excluding hydrogens is 190 g/mol. The first-order valence-corrected chi connectivity index (χ1v) is 6.14. The third kappa shape index (κ3) is 2.91. The molecule has 88 valence electrons.